The molecule has 0 fully saturated rings. The summed E-state index contributed by atoms with van der Waals surface area (Å²) >= 11 is 0. The molecule has 0 atom stereocenters. The zero-order chi connectivity index (χ0) is 23.6. The molecule has 1 aliphatic heterocycles. The van der Waals surface area contributed by atoms with Gasteiger partial charge in [-0.05, 0) is 42.0 Å². The van der Waals surface area contributed by atoms with Crippen LogP contribution in [0.1, 0.15) is 26.4 Å². The molecule has 1 aromatic heterocycles. The molecule has 2 N–H and O–H groups in total. The number of carbonyl (C=O) groups excluding carboxylic acids is 2. The second kappa shape index (κ2) is 8.73. The highest BCUT2D eigenvalue weighted by Gasteiger charge is 2.43. The van der Waals surface area contributed by atoms with E-state index in [1.807, 2.05) is 0 Å². The summed E-state index contributed by atoms with van der Waals surface area (Å²) in [5, 5.41) is 5.86. The number of ether oxygens (including phenoxy) is 2. The summed E-state index contributed by atoms with van der Waals surface area (Å²) in [5.41, 5.74) is 2.30. The van der Waals surface area contributed by atoms with Gasteiger partial charge < -0.3 is 25.0 Å². The Kier molecular flexibility index (Phi) is 5.82. The number of amides is 2. The smallest absolute Gasteiger partial charge is 0.395 e. The number of hydrogen-bond acceptors (Lipinski definition) is 6. The van der Waals surface area contributed by atoms with Gasteiger partial charge in [-0.15, -0.1) is 8.78 Å². The Bertz CT molecular complexity index is 1220. The first-order valence-corrected chi connectivity index (χ1v) is 9.92. The van der Waals surface area contributed by atoms with Crippen LogP contribution in [0.4, 0.5) is 20.2 Å². The monoisotopic (exact) mass is 454 g/mol. The molecule has 8 nitrogen and oxygen atoms in total. The Morgan fingerprint density at radius 2 is 1.79 bits per heavy atom. The van der Waals surface area contributed by atoms with Crippen LogP contribution in [-0.4, -0.2) is 42.1 Å². The maximum Gasteiger partial charge on any atom is 0.586 e. The highest BCUT2D eigenvalue weighted by atomic mass is 19.3. The molecular formula is C23H20F2N4O4. The quantitative estimate of drug-likeness (QED) is 0.586. The molecule has 0 unspecified atom stereocenters. The average molecular weight is 454 g/mol. The maximum atomic E-state index is 13.2. The fourth-order valence-corrected chi connectivity index (χ4v) is 3.19. The van der Waals surface area contributed by atoms with E-state index in [-0.39, 0.29) is 23.1 Å². The number of benzene rings is 2. The Morgan fingerprint density at radius 3 is 2.58 bits per heavy atom. The third-order valence-corrected chi connectivity index (χ3v) is 4.76. The summed E-state index contributed by atoms with van der Waals surface area (Å²) in [5.74, 6) is -0.922. The third-order valence-electron chi connectivity index (χ3n) is 4.76. The van der Waals surface area contributed by atoms with Gasteiger partial charge in [0.2, 0.25) is 0 Å². The highest BCUT2D eigenvalue weighted by Crippen LogP contribution is 2.42. The van der Waals surface area contributed by atoms with Gasteiger partial charge in [0, 0.05) is 44.3 Å². The number of hydrogen-bond donors (Lipinski definition) is 2. The minimum Gasteiger partial charge on any atom is -0.395 e. The van der Waals surface area contributed by atoms with Gasteiger partial charge in [0.15, 0.2) is 11.5 Å². The normalized spacial score (nSPS) is 13.3. The van der Waals surface area contributed by atoms with Crippen molar-refractivity contribution < 1.29 is 27.8 Å². The molecule has 170 valence electrons. The molecule has 2 aromatic carbocycles. The molecule has 3 aromatic rings. The molecule has 4 rings (SSSR count). The topological polar surface area (TPSA) is 92.8 Å². The lowest BCUT2D eigenvalue weighted by Gasteiger charge is -2.14. The summed E-state index contributed by atoms with van der Waals surface area (Å²) < 4.78 is 35.2. The molecule has 0 spiro atoms. The molecule has 10 heteroatoms. The van der Waals surface area contributed by atoms with Crippen molar-refractivity contribution in [3.63, 3.8) is 0 Å². The Balaban J connectivity index is 1.47. The number of para-hydroxylation sites is 1. The van der Waals surface area contributed by atoms with Crippen LogP contribution in [0.3, 0.4) is 0 Å². The standard InChI is InChI=1S/C23H20F2N4O4/c1-29(2)22(31)18-11-14(9-10-26-18)13-27-17-6-4-3-5-16(17)21(30)28-15-7-8-19-20(12-15)33-23(24,25)32-19/h3-12,27H,13H2,1-2H3,(H,28,30). The summed E-state index contributed by atoms with van der Waals surface area (Å²) in [7, 11) is 3.30. The van der Waals surface area contributed by atoms with E-state index in [9.17, 15) is 18.4 Å². The van der Waals surface area contributed by atoms with Crippen molar-refractivity contribution in [1.82, 2.24) is 9.88 Å². The van der Waals surface area contributed by atoms with Crippen molar-refractivity contribution in [2.24, 2.45) is 0 Å². The molecule has 2 amide bonds. The summed E-state index contributed by atoms with van der Waals surface area (Å²) in [6.07, 6.45) is -2.18. The number of rotatable bonds is 6. The molecule has 0 saturated carbocycles. The van der Waals surface area contributed by atoms with Gasteiger partial charge in [0.05, 0.1) is 5.56 Å². The van der Waals surface area contributed by atoms with Crippen LogP contribution in [0.2, 0.25) is 0 Å². The molecule has 0 aliphatic carbocycles. The molecule has 2 heterocycles. The second-order valence-corrected chi connectivity index (χ2v) is 7.43. The fourth-order valence-electron chi connectivity index (χ4n) is 3.19. The van der Waals surface area contributed by atoms with Gasteiger partial charge in [0.1, 0.15) is 5.69 Å². The summed E-state index contributed by atoms with van der Waals surface area (Å²) in [6.45, 7) is 0.347. The Morgan fingerprint density at radius 1 is 1.03 bits per heavy atom. The van der Waals surface area contributed by atoms with Crippen molar-refractivity contribution in [2.45, 2.75) is 12.8 Å². The molecule has 0 bridgehead atoms. The number of alkyl halides is 2. The largest absolute Gasteiger partial charge is 0.586 e. The van der Waals surface area contributed by atoms with Gasteiger partial charge in [0.25, 0.3) is 11.8 Å². The number of nitrogens with zero attached hydrogens (tertiary/aromatic N) is 2. The Labute approximate surface area is 188 Å². The van der Waals surface area contributed by atoms with Crippen LogP contribution >= 0.6 is 0 Å². The SMILES string of the molecule is CN(C)C(=O)c1cc(CNc2ccccc2C(=O)Nc2ccc3c(c2)OC(F)(F)O3)ccn1. The summed E-state index contributed by atoms with van der Waals surface area (Å²) in [6, 6.07) is 14.3. The molecule has 1 aliphatic rings. The lowest BCUT2D eigenvalue weighted by molar-refractivity contribution is -0.286. The predicted molar refractivity (Wildman–Crippen MR) is 117 cm³/mol. The number of aromatic nitrogens is 1. The molecule has 0 saturated heterocycles. The van der Waals surface area contributed by atoms with Crippen molar-refractivity contribution in [3.05, 3.63) is 77.6 Å². The van der Waals surface area contributed by atoms with E-state index >= 15 is 0 Å². The van der Waals surface area contributed by atoms with Gasteiger partial charge in [-0.25, -0.2) is 0 Å². The van der Waals surface area contributed by atoms with Crippen molar-refractivity contribution in [3.8, 4) is 11.5 Å². The van der Waals surface area contributed by atoms with Crippen LogP contribution < -0.4 is 20.1 Å². The van der Waals surface area contributed by atoms with E-state index < -0.39 is 12.2 Å². The van der Waals surface area contributed by atoms with Crippen LogP contribution in [-0.2, 0) is 6.54 Å². The minimum absolute atomic E-state index is 0.107. The van der Waals surface area contributed by atoms with Gasteiger partial charge in [-0.3, -0.25) is 14.6 Å². The van der Waals surface area contributed by atoms with E-state index in [0.717, 1.165) is 5.56 Å². The first kappa shape index (κ1) is 22.0. The fraction of sp³-hybridized carbons (Fsp3) is 0.174. The van der Waals surface area contributed by atoms with Crippen LogP contribution in [0.15, 0.2) is 60.8 Å². The van der Waals surface area contributed by atoms with E-state index in [1.165, 1.54) is 23.1 Å². The lowest BCUT2D eigenvalue weighted by atomic mass is 10.1. The van der Waals surface area contributed by atoms with Crippen LogP contribution in [0.25, 0.3) is 0 Å². The van der Waals surface area contributed by atoms with Gasteiger partial charge in [-0.1, -0.05) is 12.1 Å². The van der Waals surface area contributed by atoms with Gasteiger partial charge >= 0.3 is 6.29 Å². The second-order valence-electron chi connectivity index (χ2n) is 7.43. The number of carbonyl (C=O) groups is 2. The summed E-state index contributed by atoms with van der Waals surface area (Å²) in [4.78, 5) is 30.5. The van der Waals surface area contributed by atoms with E-state index in [1.54, 1.807) is 56.7 Å². The zero-order valence-electron chi connectivity index (χ0n) is 17.8. The number of anilines is 2. The van der Waals surface area contributed by atoms with Crippen molar-refractivity contribution >= 4 is 23.2 Å². The lowest BCUT2D eigenvalue weighted by Crippen LogP contribution is -2.25. The van der Waals surface area contributed by atoms with Crippen LogP contribution in [0, 0.1) is 0 Å². The highest BCUT2D eigenvalue weighted by molar-refractivity contribution is 6.08. The maximum absolute atomic E-state index is 13.2. The minimum atomic E-state index is -3.73. The number of nitrogens with one attached hydrogen (secondary N) is 2. The van der Waals surface area contributed by atoms with E-state index in [2.05, 4.69) is 25.1 Å². The number of halogens is 2. The van der Waals surface area contributed by atoms with Crippen molar-refractivity contribution in [1.29, 1.82) is 0 Å². The number of fused-ring (bicyclic) bond motifs is 1. The first-order valence-electron chi connectivity index (χ1n) is 9.92. The average Bonchev–Trinajstić information content (AvgIpc) is 3.10. The molecule has 33 heavy (non-hydrogen) atoms. The molecule has 0 radical (unpaired) electrons. The van der Waals surface area contributed by atoms with Crippen molar-refractivity contribution in [2.75, 3.05) is 24.7 Å². The number of pyridine rings is 1. The zero-order valence-corrected chi connectivity index (χ0v) is 17.8. The predicted octanol–water partition coefficient (Wildman–Crippen LogP) is 3.97. The Hall–Kier alpha value is -4.21. The van der Waals surface area contributed by atoms with E-state index in [0.29, 0.717) is 23.5 Å². The van der Waals surface area contributed by atoms with Crippen LogP contribution in [0.5, 0.6) is 11.5 Å². The third kappa shape index (κ3) is 5.00. The van der Waals surface area contributed by atoms with E-state index in [4.69, 9.17) is 0 Å². The first-order chi connectivity index (χ1) is 15.7. The molecular weight excluding hydrogens is 434 g/mol. The van der Waals surface area contributed by atoms with Gasteiger partial charge in [-0.2, -0.15) is 0 Å².